The van der Waals surface area contributed by atoms with Crippen molar-refractivity contribution in [1.82, 2.24) is 4.90 Å². The predicted octanol–water partition coefficient (Wildman–Crippen LogP) is 0.557. The van der Waals surface area contributed by atoms with Crippen LogP contribution in [-0.2, 0) is 14.3 Å². The van der Waals surface area contributed by atoms with Crippen LogP contribution in [0.5, 0.6) is 0 Å². The van der Waals surface area contributed by atoms with Gasteiger partial charge in [-0.05, 0) is 32.6 Å². The van der Waals surface area contributed by atoms with Crippen molar-refractivity contribution in [2.24, 2.45) is 16.3 Å². The minimum atomic E-state index is -0.911. The van der Waals surface area contributed by atoms with Gasteiger partial charge < -0.3 is 25.3 Å². The Labute approximate surface area is 125 Å². The summed E-state index contributed by atoms with van der Waals surface area (Å²) in [6.45, 7) is 4.90. The molecule has 0 unspecified atom stereocenters. The second kappa shape index (κ2) is 7.09. The van der Waals surface area contributed by atoms with Crippen LogP contribution >= 0.6 is 0 Å². The van der Waals surface area contributed by atoms with Crippen LogP contribution in [0.2, 0.25) is 0 Å². The molecule has 0 saturated carbocycles. The van der Waals surface area contributed by atoms with Gasteiger partial charge in [0.15, 0.2) is 5.84 Å². The number of nitrogens with zero attached hydrogens (tertiary/aromatic N) is 2. The third-order valence-corrected chi connectivity index (χ3v) is 4.49. The highest BCUT2D eigenvalue weighted by Crippen LogP contribution is 2.34. The summed E-state index contributed by atoms with van der Waals surface area (Å²) in [5.74, 6) is -0.0428. The summed E-state index contributed by atoms with van der Waals surface area (Å²) in [5, 5.41) is 12.2. The van der Waals surface area contributed by atoms with Crippen LogP contribution in [0.3, 0.4) is 0 Å². The van der Waals surface area contributed by atoms with E-state index in [9.17, 15) is 4.79 Å². The highest BCUT2D eigenvalue weighted by atomic mass is 16.5. The lowest BCUT2D eigenvalue weighted by Gasteiger charge is -2.41. The smallest absolute Gasteiger partial charge is 0.236 e. The molecule has 7 heteroatoms. The number of likely N-dealkylation sites (tertiary alicyclic amines) is 1. The van der Waals surface area contributed by atoms with Crippen molar-refractivity contribution in [3.63, 3.8) is 0 Å². The molecule has 2 aliphatic heterocycles. The molecule has 0 spiro atoms. The number of hydrogen-bond donors (Lipinski definition) is 2. The number of amides is 1. The number of piperidine rings is 1. The maximum absolute atomic E-state index is 12.9. The van der Waals surface area contributed by atoms with Crippen molar-refractivity contribution in [3.8, 4) is 0 Å². The Hall–Kier alpha value is -1.34. The lowest BCUT2D eigenvalue weighted by atomic mass is 9.77. The first-order chi connectivity index (χ1) is 10.1. The molecule has 2 heterocycles. The van der Waals surface area contributed by atoms with Crippen LogP contribution in [0, 0.1) is 5.41 Å². The number of hydrogen-bond acceptors (Lipinski definition) is 5. The molecule has 7 nitrogen and oxygen atoms in total. The summed E-state index contributed by atoms with van der Waals surface area (Å²) >= 11 is 0. The van der Waals surface area contributed by atoms with Gasteiger partial charge in [-0.15, -0.1) is 0 Å². The summed E-state index contributed by atoms with van der Waals surface area (Å²) in [6, 6.07) is 0. The number of carbonyl (C=O) groups excluding carboxylic acids is 1. The molecule has 0 radical (unpaired) electrons. The molecule has 2 fully saturated rings. The van der Waals surface area contributed by atoms with Gasteiger partial charge in [-0.3, -0.25) is 4.79 Å². The second-order valence-electron chi connectivity index (χ2n) is 5.63. The van der Waals surface area contributed by atoms with Crippen LogP contribution in [0.15, 0.2) is 5.16 Å². The molecular weight excluding hydrogens is 274 g/mol. The van der Waals surface area contributed by atoms with Crippen molar-refractivity contribution in [2.75, 3.05) is 32.9 Å². The zero-order valence-corrected chi connectivity index (χ0v) is 12.6. The standard InChI is InChI=1S/C14H25N3O4/c1-2-21-11-3-7-17(8-4-11)13(18)14(12(15)16-19)5-9-20-10-6-14/h11,19H,2-10H2,1H3,(H2,15,16). The number of rotatable bonds is 4. The van der Waals surface area contributed by atoms with Crippen LogP contribution in [0.4, 0.5) is 0 Å². The van der Waals surface area contributed by atoms with Gasteiger partial charge >= 0.3 is 0 Å². The third-order valence-electron chi connectivity index (χ3n) is 4.49. The molecule has 0 bridgehead atoms. The molecule has 0 aromatic rings. The van der Waals surface area contributed by atoms with Crippen LogP contribution in [0.1, 0.15) is 32.6 Å². The van der Waals surface area contributed by atoms with E-state index in [1.165, 1.54) is 0 Å². The number of carbonyl (C=O) groups is 1. The monoisotopic (exact) mass is 299 g/mol. The summed E-state index contributed by atoms with van der Waals surface area (Å²) in [5.41, 5.74) is 4.93. The van der Waals surface area contributed by atoms with Crippen molar-refractivity contribution >= 4 is 11.7 Å². The summed E-state index contributed by atoms with van der Waals surface area (Å²) in [4.78, 5) is 14.7. The first-order valence-electron chi connectivity index (χ1n) is 7.60. The first kappa shape index (κ1) is 16.0. The van der Waals surface area contributed by atoms with Gasteiger partial charge in [-0.1, -0.05) is 5.16 Å². The Bertz CT molecular complexity index is 386. The van der Waals surface area contributed by atoms with E-state index in [4.69, 9.17) is 20.4 Å². The highest BCUT2D eigenvalue weighted by molar-refractivity contribution is 6.06. The van der Waals surface area contributed by atoms with Crippen LogP contribution < -0.4 is 5.73 Å². The Morgan fingerprint density at radius 2 is 2.05 bits per heavy atom. The Kier molecular flexibility index (Phi) is 5.41. The number of oxime groups is 1. The fourth-order valence-corrected chi connectivity index (χ4v) is 3.16. The van der Waals surface area contributed by atoms with Gasteiger partial charge in [-0.2, -0.15) is 0 Å². The first-order valence-corrected chi connectivity index (χ1v) is 7.60. The van der Waals surface area contributed by atoms with Gasteiger partial charge in [0, 0.05) is 32.9 Å². The zero-order chi connectivity index (χ0) is 15.3. The number of ether oxygens (including phenoxy) is 2. The van der Waals surface area contributed by atoms with E-state index >= 15 is 0 Å². The number of nitrogens with two attached hydrogens (primary N) is 1. The van der Waals surface area contributed by atoms with E-state index in [2.05, 4.69) is 5.16 Å². The Morgan fingerprint density at radius 1 is 1.43 bits per heavy atom. The van der Waals surface area contributed by atoms with E-state index in [1.54, 1.807) is 0 Å². The molecule has 120 valence electrons. The quantitative estimate of drug-likeness (QED) is 0.342. The molecule has 2 aliphatic rings. The maximum atomic E-state index is 12.9. The number of amidine groups is 1. The van der Waals surface area contributed by atoms with Gasteiger partial charge in [-0.25, -0.2) is 0 Å². The van der Waals surface area contributed by atoms with Crippen molar-refractivity contribution in [2.45, 2.75) is 38.7 Å². The van der Waals surface area contributed by atoms with Gasteiger partial charge in [0.2, 0.25) is 5.91 Å². The van der Waals surface area contributed by atoms with Gasteiger partial charge in [0.25, 0.3) is 0 Å². The normalized spacial score (nSPS) is 24.0. The van der Waals surface area contributed by atoms with E-state index in [0.29, 0.717) is 45.8 Å². The molecule has 1 amide bonds. The fraction of sp³-hybridized carbons (Fsp3) is 0.857. The Balaban J connectivity index is 2.06. The molecule has 0 atom stereocenters. The molecule has 0 aromatic carbocycles. The van der Waals surface area contributed by atoms with E-state index < -0.39 is 5.41 Å². The fourth-order valence-electron chi connectivity index (χ4n) is 3.16. The minimum absolute atomic E-state index is 0.00253. The van der Waals surface area contributed by atoms with E-state index in [0.717, 1.165) is 12.8 Å². The van der Waals surface area contributed by atoms with Crippen LogP contribution in [-0.4, -0.2) is 60.9 Å². The average molecular weight is 299 g/mol. The lowest BCUT2D eigenvalue weighted by molar-refractivity contribution is -0.145. The van der Waals surface area contributed by atoms with Gasteiger partial charge in [0.1, 0.15) is 5.41 Å². The maximum Gasteiger partial charge on any atom is 0.236 e. The summed E-state index contributed by atoms with van der Waals surface area (Å²) in [7, 11) is 0. The third kappa shape index (κ3) is 3.29. The summed E-state index contributed by atoms with van der Waals surface area (Å²) < 4.78 is 10.9. The zero-order valence-electron chi connectivity index (χ0n) is 12.6. The topological polar surface area (TPSA) is 97.4 Å². The Morgan fingerprint density at radius 3 is 2.57 bits per heavy atom. The highest BCUT2D eigenvalue weighted by Gasteiger charge is 2.47. The molecule has 2 saturated heterocycles. The predicted molar refractivity (Wildman–Crippen MR) is 77.1 cm³/mol. The molecular formula is C14H25N3O4. The van der Waals surface area contributed by atoms with Gasteiger partial charge in [0.05, 0.1) is 6.10 Å². The average Bonchev–Trinajstić information content (AvgIpc) is 2.55. The van der Waals surface area contributed by atoms with Crippen LogP contribution in [0.25, 0.3) is 0 Å². The van der Waals surface area contributed by atoms with Crippen molar-refractivity contribution in [1.29, 1.82) is 0 Å². The molecule has 0 aliphatic carbocycles. The minimum Gasteiger partial charge on any atom is -0.409 e. The largest absolute Gasteiger partial charge is 0.409 e. The van der Waals surface area contributed by atoms with E-state index in [-0.39, 0.29) is 17.8 Å². The SMILES string of the molecule is CCOC1CCN(C(=O)C2(C(N)=NO)CCOCC2)CC1. The summed E-state index contributed by atoms with van der Waals surface area (Å²) in [6.07, 6.45) is 2.83. The lowest BCUT2D eigenvalue weighted by Crippen LogP contribution is -2.55. The molecule has 2 rings (SSSR count). The van der Waals surface area contributed by atoms with E-state index in [1.807, 2.05) is 11.8 Å². The second-order valence-corrected chi connectivity index (χ2v) is 5.63. The molecule has 0 aromatic heterocycles. The van der Waals surface area contributed by atoms with Crippen molar-refractivity contribution < 1.29 is 19.5 Å². The van der Waals surface area contributed by atoms with Crippen molar-refractivity contribution in [3.05, 3.63) is 0 Å². The molecule has 21 heavy (non-hydrogen) atoms. The molecule has 3 N–H and O–H groups in total.